The lowest BCUT2D eigenvalue weighted by Gasteiger charge is -2.22. The number of hydrogen-bond acceptors (Lipinski definition) is 5. The third-order valence-electron chi connectivity index (χ3n) is 9.58. The summed E-state index contributed by atoms with van der Waals surface area (Å²) in [5.41, 5.74) is 2.13. The molecule has 0 aromatic heterocycles. The van der Waals surface area contributed by atoms with Crippen molar-refractivity contribution in [1.82, 2.24) is 0 Å². The monoisotopic (exact) mass is 677 g/mol. The summed E-state index contributed by atoms with van der Waals surface area (Å²) in [6.07, 6.45) is 37.6. The summed E-state index contributed by atoms with van der Waals surface area (Å²) >= 11 is 0. The lowest BCUT2D eigenvalue weighted by Crippen LogP contribution is -2.20. The number of aromatic hydroxyl groups is 1. The third kappa shape index (κ3) is 16.5. The van der Waals surface area contributed by atoms with Gasteiger partial charge in [-0.2, -0.15) is 0 Å². The van der Waals surface area contributed by atoms with Gasteiger partial charge in [0.2, 0.25) is 5.78 Å². The Labute approximate surface area is 299 Å². The van der Waals surface area contributed by atoms with Crippen molar-refractivity contribution in [2.75, 3.05) is 14.2 Å². The van der Waals surface area contributed by atoms with Gasteiger partial charge >= 0.3 is 0 Å². The van der Waals surface area contributed by atoms with E-state index < -0.39 is 0 Å². The van der Waals surface area contributed by atoms with Crippen LogP contribution >= 0.6 is 0 Å². The van der Waals surface area contributed by atoms with Gasteiger partial charge in [0.15, 0.2) is 11.5 Å². The number of phenolic OH excluding ortho intramolecular Hbond substituents is 1. The summed E-state index contributed by atoms with van der Waals surface area (Å²) in [6, 6.07) is 3.47. The lowest BCUT2D eigenvalue weighted by molar-refractivity contribution is -0.117. The molecule has 1 aromatic rings. The molecule has 0 atom stereocenters. The van der Waals surface area contributed by atoms with Gasteiger partial charge in [0.05, 0.1) is 14.2 Å². The van der Waals surface area contributed by atoms with Crippen LogP contribution < -0.4 is 4.74 Å². The summed E-state index contributed by atoms with van der Waals surface area (Å²) in [5, 5.41) is 11.2. The number of ketones is 2. The molecule has 0 amide bonds. The van der Waals surface area contributed by atoms with Crippen LogP contribution in [0.2, 0.25) is 0 Å². The Kier molecular flexibility index (Phi) is 23.0. The van der Waals surface area contributed by atoms with Crippen LogP contribution in [-0.4, -0.2) is 30.9 Å². The number of Topliss-reactive ketones (excluding diaryl/α,β-unsaturated/α-hetero) is 1. The molecule has 1 aromatic carbocycles. The highest BCUT2D eigenvalue weighted by atomic mass is 16.5. The maximum atomic E-state index is 13.6. The Bertz CT molecular complexity index is 1220. The number of hydrogen-bond donors (Lipinski definition) is 1. The van der Waals surface area contributed by atoms with Gasteiger partial charge in [0.1, 0.15) is 11.5 Å². The molecule has 0 radical (unpaired) electrons. The summed E-state index contributed by atoms with van der Waals surface area (Å²) in [5.74, 6) is 0.0898. The normalized spacial score (nSPS) is 13.7. The fourth-order valence-electron chi connectivity index (χ4n) is 6.62. The van der Waals surface area contributed by atoms with Gasteiger partial charge < -0.3 is 14.6 Å². The third-order valence-corrected chi connectivity index (χ3v) is 9.58. The second kappa shape index (κ2) is 26.7. The van der Waals surface area contributed by atoms with Crippen LogP contribution in [0.1, 0.15) is 173 Å². The van der Waals surface area contributed by atoms with Crippen LogP contribution in [-0.2, 0) is 20.7 Å². The largest absolute Gasteiger partial charge is 0.507 e. The molecule has 0 aliphatic heterocycles. The number of carbonyl (C=O) groups excluding carboxylic acids is 2. The SMILES string of the molecule is CCCC/C=C/CCCCCCCCCC1=C(c2c(O)cc(OC)cc2CCCCCCCCC/C=C/CCCC)C(=O)C=C(OC)C1=O. The number of benzene rings is 1. The van der Waals surface area contributed by atoms with Crippen LogP contribution in [0.25, 0.3) is 5.57 Å². The molecule has 1 aliphatic carbocycles. The first-order valence-corrected chi connectivity index (χ1v) is 19.8. The van der Waals surface area contributed by atoms with Gasteiger partial charge in [0, 0.05) is 28.9 Å². The van der Waals surface area contributed by atoms with E-state index in [0.717, 1.165) is 37.7 Å². The zero-order valence-electron chi connectivity index (χ0n) is 31.6. The first kappa shape index (κ1) is 42.1. The van der Waals surface area contributed by atoms with E-state index in [1.54, 1.807) is 13.2 Å². The molecule has 0 fully saturated rings. The molecule has 1 aliphatic rings. The molecule has 5 heteroatoms. The Morgan fingerprint density at radius 3 is 1.55 bits per heavy atom. The zero-order valence-corrected chi connectivity index (χ0v) is 31.6. The lowest BCUT2D eigenvalue weighted by atomic mass is 9.82. The molecule has 0 bridgehead atoms. The van der Waals surface area contributed by atoms with Gasteiger partial charge in [-0.3, -0.25) is 9.59 Å². The molecule has 1 N–H and O–H groups in total. The number of methoxy groups -OCH3 is 2. The second-order valence-corrected chi connectivity index (χ2v) is 13.7. The maximum Gasteiger partial charge on any atom is 0.224 e. The van der Waals surface area contributed by atoms with E-state index >= 15 is 0 Å². The summed E-state index contributed by atoms with van der Waals surface area (Å²) < 4.78 is 10.8. The zero-order chi connectivity index (χ0) is 35.5. The molecule has 0 heterocycles. The van der Waals surface area contributed by atoms with Crippen molar-refractivity contribution >= 4 is 17.1 Å². The molecular weight excluding hydrogens is 608 g/mol. The Morgan fingerprint density at radius 1 is 0.592 bits per heavy atom. The van der Waals surface area contributed by atoms with Gasteiger partial charge in [-0.15, -0.1) is 0 Å². The number of rotatable bonds is 29. The molecule has 2 rings (SSSR count). The molecule has 5 nitrogen and oxygen atoms in total. The van der Waals surface area contributed by atoms with E-state index in [4.69, 9.17) is 9.47 Å². The van der Waals surface area contributed by atoms with E-state index in [1.165, 1.54) is 122 Å². The highest BCUT2D eigenvalue weighted by Gasteiger charge is 2.32. The molecule has 49 heavy (non-hydrogen) atoms. The first-order valence-electron chi connectivity index (χ1n) is 19.8. The number of unbranched alkanes of at least 4 members (excludes halogenated alkanes) is 18. The Morgan fingerprint density at radius 2 is 1.06 bits per heavy atom. The van der Waals surface area contributed by atoms with Crippen LogP contribution in [0.15, 0.2) is 53.8 Å². The van der Waals surface area contributed by atoms with Crippen LogP contribution in [0.3, 0.4) is 0 Å². The minimum absolute atomic E-state index is 0.0128. The van der Waals surface area contributed by atoms with E-state index in [0.29, 0.717) is 35.3 Å². The average Bonchev–Trinajstić information content (AvgIpc) is 3.10. The van der Waals surface area contributed by atoms with E-state index in [1.807, 2.05) is 6.07 Å². The van der Waals surface area contributed by atoms with Crippen molar-refractivity contribution < 1.29 is 24.2 Å². The topological polar surface area (TPSA) is 72.8 Å². The number of aryl methyl sites for hydroxylation is 1. The van der Waals surface area contributed by atoms with Crippen molar-refractivity contribution in [3.05, 3.63) is 65.0 Å². The number of ether oxygens (including phenoxy) is 2. The Balaban J connectivity index is 1.97. The summed E-state index contributed by atoms with van der Waals surface area (Å²) in [7, 11) is 3.01. The van der Waals surface area contributed by atoms with Crippen molar-refractivity contribution in [3.63, 3.8) is 0 Å². The van der Waals surface area contributed by atoms with Crippen molar-refractivity contribution in [2.24, 2.45) is 0 Å². The number of carbonyl (C=O) groups is 2. The van der Waals surface area contributed by atoms with Crippen molar-refractivity contribution in [1.29, 1.82) is 0 Å². The summed E-state index contributed by atoms with van der Waals surface area (Å²) in [6.45, 7) is 4.46. The quantitative estimate of drug-likeness (QED) is 0.0519. The molecule has 0 saturated carbocycles. The fourth-order valence-corrected chi connectivity index (χ4v) is 6.62. The van der Waals surface area contributed by atoms with Crippen LogP contribution in [0.5, 0.6) is 11.5 Å². The van der Waals surface area contributed by atoms with Gasteiger partial charge in [-0.1, -0.05) is 128 Å². The average molecular weight is 677 g/mol. The van der Waals surface area contributed by atoms with Gasteiger partial charge in [0.25, 0.3) is 0 Å². The van der Waals surface area contributed by atoms with Crippen molar-refractivity contribution in [2.45, 2.75) is 168 Å². The fraction of sp³-hybridized carbons (Fsp3) is 0.636. The predicted octanol–water partition coefficient (Wildman–Crippen LogP) is 12.5. The van der Waals surface area contributed by atoms with E-state index in [9.17, 15) is 14.7 Å². The van der Waals surface area contributed by atoms with Crippen molar-refractivity contribution in [3.8, 4) is 11.5 Å². The first-order chi connectivity index (χ1) is 24.0. The van der Waals surface area contributed by atoms with Crippen LogP contribution in [0, 0.1) is 0 Å². The number of phenols is 1. The molecule has 0 unspecified atom stereocenters. The Hall–Kier alpha value is -3.08. The molecule has 0 saturated heterocycles. The highest BCUT2D eigenvalue weighted by molar-refractivity contribution is 6.37. The minimum atomic E-state index is -0.280. The van der Waals surface area contributed by atoms with Crippen LogP contribution in [0.4, 0.5) is 0 Å². The smallest absolute Gasteiger partial charge is 0.224 e. The second-order valence-electron chi connectivity index (χ2n) is 13.7. The predicted molar refractivity (Wildman–Crippen MR) is 206 cm³/mol. The highest BCUT2D eigenvalue weighted by Crippen LogP contribution is 2.40. The van der Waals surface area contributed by atoms with Gasteiger partial charge in [-0.05, 0) is 75.8 Å². The molecule has 0 spiro atoms. The van der Waals surface area contributed by atoms with Gasteiger partial charge in [-0.25, -0.2) is 0 Å². The minimum Gasteiger partial charge on any atom is -0.507 e. The molecular formula is C44H68O5. The number of allylic oxidation sites excluding steroid dienone is 7. The van der Waals surface area contributed by atoms with E-state index in [-0.39, 0.29) is 23.1 Å². The standard InChI is InChI=1S/C44H68O5/c1-5-7-9-11-13-15-17-19-21-23-25-27-29-31-36-33-37(48-3)34-39(45)42(36)43-38(44(47)41(49-4)35-40(43)46)32-30-28-26-24-22-20-18-16-14-12-10-8-6-2/h11-14,33-35,45H,5-10,15-32H2,1-4H3/b13-11+,14-12+. The maximum absolute atomic E-state index is 13.6. The summed E-state index contributed by atoms with van der Waals surface area (Å²) in [4.78, 5) is 27.1. The van der Waals surface area contributed by atoms with E-state index in [2.05, 4.69) is 38.2 Å². The molecule has 274 valence electrons.